The molecule has 5 heteroatoms. The first-order valence-electron chi connectivity index (χ1n) is 9.03. The van der Waals surface area contributed by atoms with Crippen LogP contribution in [0.1, 0.15) is 62.5 Å². The normalized spacial score (nSPS) is 10.8. The summed E-state index contributed by atoms with van der Waals surface area (Å²) >= 11 is 0. The van der Waals surface area contributed by atoms with Crippen molar-refractivity contribution in [3.8, 4) is 0 Å². The van der Waals surface area contributed by atoms with Crippen LogP contribution in [0, 0.1) is 0 Å². The maximum absolute atomic E-state index is 12.7. The number of nitrogens with zero attached hydrogens (tertiary/aromatic N) is 3. The summed E-state index contributed by atoms with van der Waals surface area (Å²) in [5, 5.41) is 3.25. The highest BCUT2D eigenvalue weighted by molar-refractivity contribution is 5.93. The number of rotatable bonds is 8. The summed E-state index contributed by atoms with van der Waals surface area (Å²) in [6.07, 6.45) is 3.31. The fraction of sp³-hybridized carbons (Fsp3) is 0.450. The summed E-state index contributed by atoms with van der Waals surface area (Å²) in [7, 11) is 0. The molecule has 0 bridgehead atoms. The van der Waals surface area contributed by atoms with Crippen molar-refractivity contribution in [3.05, 3.63) is 47.9 Å². The van der Waals surface area contributed by atoms with Gasteiger partial charge in [-0.1, -0.05) is 39.8 Å². The monoisotopic (exact) mass is 340 g/mol. The molecule has 1 aromatic heterocycles. The Bertz CT molecular complexity index is 676. The van der Waals surface area contributed by atoms with Gasteiger partial charge in [0.15, 0.2) is 0 Å². The predicted octanol–water partition coefficient (Wildman–Crippen LogP) is 4.61. The van der Waals surface area contributed by atoms with Crippen LogP contribution in [0.3, 0.4) is 0 Å². The van der Waals surface area contributed by atoms with Crippen molar-refractivity contribution in [3.63, 3.8) is 0 Å². The van der Waals surface area contributed by atoms with E-state index in [9.17, 15) is 4.79 Å². The average molecular weight is 340 g/mol. The molecule has 0 saturated carbocycles. The molecule has 0 radical (unpaired) electrons. The van der Waals surface area contributed by atoms with Crippen LogP contribution in [-0.2, 0) is 0 Å². The zero-order valence-corrected chi connectivity index (χ0v) is 15.6. The molecule has 0 spiro atoms. The Hall–Kier alpha value is -2.43. The van der Waals surface area contributed by atoms with Crippen molar-refractivity contribution >= 4 is 17.4 Å². The molecule has 0 atom stereocenters. The fourth-order valence-corrected chi connectivity index (χ4v) is 2.66. The van der Waals surface area contributed by atoms with E-state index in [-0.39, 0.29) is 5.91 Å². The lowest BCUT2D eigenvalue weighted by atomic mass is 10.0. The van der Waals surface area contributed by atoms with E-state index in [1.807, 2.05) is 17.0 Å². The molecule has 0 fully saturated rings. The minimum absolute atomic E-state index is 0.0377. The second-order valence-electron chi connectivity index (χ2n) is 6.48. The van der Waals surface area contributed by atoms with E-state index in [1.54, 1.807) is 6.07 Å². The minimum atomic E-state index is -0.0377. The molecule has 1 N–H and O–H groups in total. The van der Waals surface area contributed by atoms with E-state index in [4.69, 9.17) is 0 Å². The van der Waals surface area contributed by atoms with E-state index in [2.05, 4.69) is 55.1 Å². The molecule has 0 aliphatic heterocycles. The third-order valence-electron chi connectivity index (χ3n) is 4.01. The fourth-order valence-electron chi connectivity index (χ4n) is 2.66. The highest BCUT2D eigenvalue weighted by Gasteiger charge is 2.16. The molecule has 0 saturated heterocycles. The summed E-state index contributed by atoms with van der Waals surface area (Å²) in [6, 6.07) is 9.98. The Morgan fingerprint density at radius 1 is 1.08 bits per heavy atom. The van der Waals surface area contributed by atoms with Crippen molar-refractivity contribution in [2.45, 2.75) is 46.5 Å². The average Bonchev–Trinajstić information content (AvgIpc) is 2.61. The van der Waals surface area contributed by atoms with Crippen molar-refractivity contribution in [2.24, 2.45) is 0 Å². The highest BCUT2D eigenvalue weighted by atomic mass is 16.2. The van der Waals surface area contributed by atoms with Crippen molar-refractivity contribution in [1.29, 1.82) is 0 Å². The molecule has 2 rings (SSSR count). The standard InChI is InChI=1S/C20H28N4O/c1-5-11-24(12-6-2)20(25)18-13-19(22-14-21-18)23-17-9-7-16(8-10-17)15(3)4/h7-10,13-15H,5-6,11-12H2,1-4H3,(H,21,22,23). The Morgan fingerprint density at radius 2 is 1.72 bits per heavy atom. The van der Waals surface area contributed by atoms with E-state index < -0.39 is 0 Å². The molecule has 2 aromatic rings. The number of carbonyl (C=O) groups excluding carboxylic acids is 1. The van der Waals surface area contributed by atoms with Gasteiger partial charge in [-0.2, -0.15) is 0 Å². The maximum atomic E-state index is 12.7. The van der Waals surface area contributed by atoms with Crippen LogP contribution in [0.5, 0.6) is 0 Å². The number of nitrogens with one attached hydrogen (secondary N) is 1. The van der Waals surface area contributed by atoms with Gasteiger partial charge in [0.2, 0.25) is 0 Å². The summed E-state index contributed by atoms with van der Waals surface area (Å²) in [4.78, 5) is 22.9. The van der Waals surface area contributed by atoms with Crippen LogP contribution < -0.4 is 5.32 Å². The van der Waals surface area contributed by atoms with Crippen molar-refractivity contribution in [1.82, 2.24) is 14.9 Å². The first-order chi connectivity index (χ1) is 12.0. The summed E-state index contributed by atoms with van der Waals surface area (Å²) in [6.45, 7) is 9.98. The topological polar surface area (TPSA) is 58.1 Å². The van der Waals surface area contributed by atoms with Crippen molar-refractivity contribution in [2.75, 3.05) is 18.4 Å². The number of hydrogen-bond acceptors (Lipinski definition) is 4. The van der Waals surface area contributed by atoms with E-state index in [0.29, 0.717) is 17.4 Å². The zero-order chi connectivity index (χ0) is 18.2. The summed E-state index contributed by atoms with van der Waals surface area (Å²) < 4.78 is 0. The molecule has 1 aromatic carbocycles. The van der Waals surface area contributed by atoms with Gasteiger partial charge in [0.25, 0.3) is 5.91 Å². The number of hydrogen-bond donors (Lipinski definition) is 1. The molecule has 5 nitrogen and oxygen atoms in total. The Morgan fingerprint density at radius 3 is 2.28 bits per heavy atom. The first kappa shape index (κ1) is 18.9. The maximum Gasteiger partial charge on any atom is 0.272 e. The lowest BCUT2D eigenvalue weighted by molar-refractivity contribution is 0.0749. The van der Waals surface area contributed by atoms with Crippen LogP contribution in [0.25, 0.3) is 0 Å². The number of amides is 1. The van der Waals surface area contributed by atoms with Crippen LogP contribution in [0.4, 0.5) is 11.5 Å². The lowest BCUT2D eigenvalue weighted by Crippen LogP contribution is -2.33. The van der Waals surface area contributed by atoms with Gasteiger partial charge in [-0.05, 0) is 36.5 Å². The molecular formula is C20H28N4O. The Labute approximate surface area is 150 Å². The number of aromatic nitrogens is 2. The second kappa shape index (κ2) is 9.16. The third-order valence-corrected chi connectivity index (χ3v) is 4.01. The van der Waals surface area contributed by atoms with E-state index in [1.165, 1.54) is 11.9 Å². The number of anilines is 2. The van der Waals surface area contributed by atoms with Gasteiger partial charge < -0.3 is 10.2 Å². The van der Waals surface area contributed by atoms with Crippen LogP contribution >= 0.6 is 0 Å². The number of benzene rings is 1. The summed E-state index contributed by atoms with van der Waals surface area (Å²) in [5.41, 5.74) is 2.66. The summed E-state index contributed by atoms with van der Waals surface area (Å²) in [5.74, 6) is 1.09. The van der Waals surface area contributed by atoms with Gasteiger partial charge in [0, 0.05) is 24.8 Å². The van der Waals surface area contributed by atoms with Crippen molar-refractivity contribution < 1.29 is 4.79 Å². The molecular weight excluding hydrogens is 312 g/mol. The molecule has 0 aliphatic rings. The minimum Gasteiger partial charge on any atom is -0.340 e. The highest BCUT2D eigenvalue weighted by Crippen LogP contribution is 2.20. The van der Waals surface area contributed by atoms with E-state index >= 15 is 0 Å². The molecule has 134 valence electrons. The van der Waals surface area contributed by atoms with Gasteiger partial charge in [-0.3, -0.25) is 4.79 Å². The first-order valence-corrected chi connectivity index (χ1v) is 9.03. The largest absolute Gasteiger partial charge is 0.340 e. The predicted molar refractivity (Wildman–Crippen MR) is 102 cm³/mol. The third kappa shape index (κ3) is 5.28. The quantitative estimate of drug-likeness (QED) is 0.762. The molecule has 0 aliphatic carbocycles. The molecule has 25 heavy (non-hydrogen) atoms. The van der Waals surface area contributed by atoms with Crippen LogP contribution in [0.2, 0.25) is 0 Å². The van der Waals surface area contributed by atoms with Gasteiger partial charge >= 0.3 is 0 Å². The Balaban J connectivity index is 2.13. The van der Waals surface area contributed by atoms with Gasteiger partial charge in [0.05, 0.1) is 0 Å². The molecule has 0 unspecified atom stereocenters. The smallest absolute Gasteiger partial charge is 0.272 e. The van der Waals surface area contributed by atoms with Gasteiger partial charge in [0.1, 0.15) is 17.8 Å². The SMILES string of the molecule is CCCN(CCC)C(=O)c1cc(Nc2ccc(C(C)C)cc2)ncn1. The second-order valence-corrected chi connectivity index (χ2v) is 6.48. The molecule has 1 heterocycles. The van der Waals surface area contributed by atoms with Crippen LogP contribution in [0.15, 0.2) is 36.7 Å². The lowest BCUT2D eigenvalue weighted by Gasteiger charge is -2.21. The molecule has 1 amide bonds. The number of carbonyl (C=O) groups is 1. The van der Waals surface area contributed by atoms with Gasteiger partial charge in [-0.25, -0.2) is 9.97 Å². The zero-order valence-electron chi connectivity index (χ0n) is 15.6. The Kier molecular flexibility index (Phi) is 6.92. The van der Waals surface area contributed by atoms with Gasteiger partial charge in [-0.15, -0.1) is 0 Å². The van der Waals surface area contributed by atoms with Crippen LogP contribution in [-0.4, -0.2) is 33.9 Å². The van der Waals surface area contributed by atoms with E-state index in [0.717, 1.165) is 31.6 Å².